The normalized spacial score (nSPS) is 18.1. The molecule has 0 bridgehead atoms. The van der Waals surface area contributed by atoms with E-state index < -0.39 is 27.2 Å². The Hall–Kier alpha value is -1.40. The molecule has 2 N–H and O–H groups in total. The average Bonchev–Trinajstić information content (AvgIpc) is 2.25. The highest BCUT2D eigenvalue weighted by molar-refractivity contribution is 7.92. The monoisotopic (exact) mass is 270 g/mol. The van der Waals surface area contributed by atoms with Gasteiger partial charge in [-0.25, -0.2) is 13.2 Å². The van der Waals surface area contributed by atoms with E-state index in [1.165, 1.54) is 24.3 Å². The fraction of sp³-hybridized carbons (Fsp3) is 0.417. The fourth-order valence-corrected chi connectivity index (χ4v) is 4.05. The molecule has 1 aromatic carbocycles. The van der Waals surface area contributed by atoms with E-state index in [1.54, 1.807) is 0 Å². The van der Waals surface area contributed by atoms with Crippen LogP contribution in [-0.4, -0.2) is 29.9 Å². The molecule has 5 nitrogen and oxygen atoms in total. The predicted octanol–water partition coefficient (Wildman–Crippen LogP) is 1.13. The van der Waals surface area contributed by atoms with E-state index >= 15 is 0 Å². The molecule has 1 aliphatic rings. The lowest BCUT2D eigenvalue weighted by atomic mass is 10.00. The summed E-state index contributed by atoms with van der Waals surface area (Å²) in [4.78, 5) is 10.7. The van der Waals surface area contributed by atoms with Crippen LogP contribution >= 0.6 is 0 Å². The van der Waals surface area contributed by atoms with Crippen molar-refractivity contribution in [2.24, 2.45) is 0 Å². The molecule has 1 fully saturated rings. The van der Waals surface area contributed by atoms with Gasteiger partial charge in [0.1, 0.15) is 0 Å². The predicted molar refractivity (Wildman–Crippen MR) is 63.9 cm³/mol. The molecule has 1 aliphatic carbocycles. The third-order valence-corrected chi connectivity index (χ3v) is 5.58. The maximum absolute atomic E-state index is 12.3. The van der Waals surface area contributed by atoms with Crippen LogP contribution in [0.15, 0.2) is 29.2 Å². The summed E-state index contributed by atoms with van der Waals surface area (Å²) >= 11 is 0. The number of hydrogen-bond acceptors (Lipinski definition) is 4. The second-order valence-corrected chi connectivity index (χ2v) is 6.57. The summed E-state index contributed by atoms with van der Waals surface area (Å²) in [5, 5.41) is 17.9. The zero-order valence-electron chi connectivity index (χ0n) is 9.61. The standard InChI is InChI=1S/C12H14O5S/c13-11(12(14)15)9-6-1-2-7-10(9)18(16,17)8-4-3-5-8/h1-2,6-8,11,13H,3-5H2,(H,14,15). The third-order valence-electron chi connectivity index (χ3n) is 3.25. The lowest BCUT2D eigenvalue weighted by Gasteiger charge is -2.26. The summed E-state index contributed by atoms with van der Waals surface area (Å²) in [6.45, 7) is 0. The van der Waals surface area contributed by atoms with Gasteiger partial charge in [-0.3, -0.25) is 0 Å². The Morgan fingerprint density at radius 3 is 2.39 bits per heavy atom. The molecule has 1 unspecified atom stereocenters. The number of carbonyl (C=O) groups is 1. The Morgan fingerprint density at radius 1 is 1.28 bits per heavy atom. The van der Waals surface area contributed by atoms with E-state index in [0.717, 1.165) is 6.42 Å². The SMILES string of the molecule is O=C(O)C(O)c1ccccc1S(=O)(=O)C1CCC1. The van der Waals surface area contributed by atoms with Gasteiger partial charge in [0.25, 0.3) is 0 Å². The lowest BCUT2D eigenvalue weighted by molar-refractivity contribution is -0.147. The van der Waals surface area contributed by atoms with Crippen molar-refractivity contribution in [1.82, 2.24) is 0 Å². The van der Waals surface area contributed by atoms with E-state index in [-0.39, 0.29) is 10.5 Å². The molecule has 0 aromatic heterocycles. The first-order valence-corrected chi connectivity index (χ1v) is 7.23. The lowest BCUT2D eigenvalue weighted by Crippen LogP contribution is -2.29. The number of aliphatic hydroxyl groups is 1. The Labute approximate surface area is 105 Å². The molecule has 0 spiro atoms. The number of aliphatic hydroxyl groups excluding tert-OH is 1. The molecular weight excluding hydrogens is 256 g/mol. The summed E-state index contributed by atoms with van der Waals surface area (Å²) in [7, 11) is -3.53. The van der Waals surface area contributed by atoms with Gasteiger partial charge in [0.2, 0.25) is 0 Å². The van der Waals surface area contributed by atoms with Crippen molar-refractivity contribution in [1.29, 1.82) is 0 Å². The number of benzene rings is 1. The van der Waals surface area contributed by atoms with Crippen molar-refractivity contribution in [2.75, 3.05) is 0 Å². The molecule has 0 saturated heterocycles. The average molecular weight is 270 g/mol. The largest absolute Gasteiger partial charge is 0.479 e. The molecular formula is C12H14O5S. The van der Waals surface area contributed by atoms with Crippen molar-refractivity contribution in [2.45, 2.75) is 35.5 Å². The van der Waals surface area contributed by atoms with Crippen LogP contribution in [0.1, 0.15) is 30.9 Å². The van der Waals surface area contributed by atoms with Crippen LogP contribution in [0, 0.1) is 0 Å². The number of hydrogen-bond donors (Lipinski definition) is 2. The van der Waals surface area contributed by atoms with E-state index in [4.69, 9.17) is 5.11 Å². The van der Waals surface area contributed by atoms with Gasteiger partial charge in [-0.2, -0.15) is 0 Å². The quantitative estimate of drug-likeness (QED) is 0.855. The van der Waals surface area contributed by atoms with Crippen LogP contribution in [0.4, 0.5) is 0 Å². The molecule has 0 aliphatic heterocycles. The molecule has 1 aromatic rings. The number of carboxylic acid groups (broad SMARTS) is 1. The highest BCUT2D eigenvalue weighted by Gasteiger charge is 2.35. The zero-order chi connectivity index (χ0) is 13.3. The molecule has 18 heavy (non-hydrogen) atoms. The molecule has 98 valence electrons. The van der Waals surface area contributed by atoms with Crippen molar-refractivity contribution < 1.29 is 23.4 Å². The van der Waals surface area contributed by atoms with E-state index in [2.05, 4.69) is 0 Å². The number of rotatable bonds is 4. The number of aliphatic carboxylic acids is 1. The summed E-state index contributed by atoms with van der Waals surface area (Å²) in [5.74, 6) is -1.45. The van der Waals surface area contributed by atoms with Gasteiger partial charge < -0.3 is 10.2 Å². The maximum atomic E-state index is 12.3. The molecule has 1 saturated carbocycles. The van der Waals surface area contributed by atoms with Gasteiger partial charge in [0, 0.05) is 5.56 Å². The molecule has 2 rings (SSSR count). The van der Waals surface area contributed by atoms with Crippen molar-refractivity contribution in [3.8, 4) is 0 Å². The summed E-state index contributed by atoms with van der Waals surface area (Å²) in [5.41, 5.74) is -0.0584. The van der Waals surface area contributed by atoms with Crippen molar-refractivity contribution >= 4 is 15.8 Å². The minimum atomic E-state index is -3.53. The number of sulfone groups is 1. The topological polar surface area (TPSA) is 91.7 Å². The van der Waals surface area contributed by atoms with Crippen molar-refractivity contribution in [3.05, 3.63) is 29.8 Å². The second-order valence-electron chi connectivity index (χ2n) is 4.38. The van der Waals surface area contributed by atoms with Crippen LogP contribution in [0.2, 0.25) is 0 Å². The van der Waals surface area contributed by atoms with E-state index in [1.807, 2.05) is 0 Å². The first-order chi connectivity index (χ1) is 8.44. The number of carboxylic acids is 1. The Morgan fingerprint density at radius 2 is 1.89 bits per heavy atom. The van der Waals surface area contributed by atoms with Gasteiger partial charge in [0.15, 0.2) is 15.9 Å². The first kappa shape index (κ1) is 13.0. The molecule has 6 heteroatoms. The summed E-state index contributed by atoms with van der Waals surface area (Å²) in [6, 6.07) is 5.74. The second kappa shape index (κ2) is 4.70. The molecule has 0 heterocycles. The fourth-order valence-electron chi connectivity index (χ4n) is 1.96. The molecule has 0 radical (unpaired) electrons. The summed E-state index contributed by atoms with van der Waals surface area (Å²) < 4.78 is 24.5. The van der Waals surface area contributed by atoms with Crippen LogP contribution < -0.4 is 0 Å². The van der Waals surface area contributed by atoms with Crippen LogP contribution in [0.3, 0.4) is 0 Å². The highest BCUT2D eigenvalue weighted by Crippen LogP contribution is 2.34. The first-order valence-electron chi connectivity index (χ1n) is 5.68. The van der Waals surface area contributed by atoms with Crippen LogP contribution in [0.25, 0.3) is 0 Å². The highest BCUT2D eigenvalue weighted by atomic mass is 32.2. The zero-order valence-corrected chi connectivity index (χ0v) is 10.4. The van der Waals surface area contributed by atoms with Crippen molar-refractivity contribution in [3.63, 3.8) is 0 Å². The Bertz CT molecular complexity index is 560. The van der Waals surface area contributed by atoms with Crippen LogP contribution in [0.5, 0.6) is 0 Å². The van der Waals surface area contributed by atoms with Crippen LogP contribution in [-0.2, 0) is 14.6 Å². The van der Waals surface area contributed by atoms with Gasteiger partial charge in [0.05, 0.1) is 10.1 Å². The molecule has 0 amide bonds. The van der Waals surface area contributed by atoms with Gasteiger partial charge >= 0.3 is 5.97 Å². The summed E-state index contributed by atoms with van der Waals surface area (Å²) in [6.07, 6.45) is 0.254. The Balaban J connectivity index is 2.48. The van der Waals surface area contributed by atoms with Gasteiger partial charge in [-0.05, 0) is 18.9 Å². The van der Waals surface area contributed by atoms with Gasteiger partial charge in [-0.15, -0.1) is 0 Å². The molecule has 1 atom stereocenters. The van der Waals surface area contributed by atoms with E-state index in [0.29, 0.717) is 12.8 Å². The van der Waals surface area contributed by atoms with E-state index in [9.17, 15) is 18.3 Å². The minimum Gasteiger partial charge on any atom is -0.479 e. The minimum absolute atomic E-state index is 0.0584. The smallest absolute Gasteiger partial charge is 0.337 e. The third kappa shape index (κ3) is 2.13. The maximum Gasteiger partial charge on any atom is 0.337 e. The van der Waals surface area contributed by atoms with Gasteiger partial charge in [-0.1, -0.05) is 24.6 Å². The Kier molecular flexibility index (Phi) is 3.41.